The minimum Gasteiger partial charge on any atom is -0.469 e. The second-order valence-corrected chi connectivity index (χ2v) is 10.3. The minimum atomic E-state index is -0.655. The molecule has 198 valence electrons. The van der Waals surface area contributed by atoms with Crippen molar-refractivity contribution in [3.8, 4) is 0 Å². The van der Waals surface area contributed by atoms with E-state index in [0.717, 1.165) is 6.42 Å². The highest BCUT2D eigenvalue weighted by Crippen LogP contribution is 2.48. The lowest BCUT2D eigenvalue weighted by Crippen LogP contribution is -2.48. The number of ether oxygens (including phenoxy) is 1. The molecule has 3 atom stereocenters. The zero-order valence-electron chi connectivity index (χ0n) is 21.0. The van der Waals surface area contributed by atoms with Crippen molar-refractivity contribution in [1.29, 1.82) is 0 Å². The van der Waals surface area contributed by atoms with E-state index in [1.807, 2.05) is 0 Å². The Bertz CT molecular complexity index is 1470. The minimum absolute atomic E-state index is 0.00912. The number of carbonyl (C=O) groups is 4. The maximum absolute atomic E-state index is 14.3. The van der Waals surface area contributed by atoms with Crippen LogP contribution in [-0.4, -0.2) is 52.2 Å². The molecule has 1 saturated carbocycles. The van der Waals surface area contributed by atoms with Crippen LogP contribution in [0.15, 0.2) is 42.6 Å². The van der Waals surface area contributed by atoms with E-state index in [1.165, 1.54) is 20.1 Å². The first-order chi connectivity index (χ1) is 18.2. The summed E-state index contributed by atoms with van der Waals surface area (Å²) < 4.78 is 20.7. The first kappa shape index (κ1) is 25.9. The largest absolute Gasteiger partial charge is 0.469 e. The van der Waals surface area contributed by atoms with Crippen LogP contribution in [0.25, 0.3) is 10.9 Å². The molecule has 2 aliphatic rings. The number of nitrogens with zero attached hydrogens (tertiary/aromatic N) is 2. The Hall–Kier alpha value is -3.72. The summed E-state index contributed by atoms with van der Waals surface area (Å²) in [7, 11) is 1.31. The number of halogens is 2. The SMILES string of the molecule is COC(=O)Cc1ccc2c(C(C)=O)cn(CC(=O)N3[C@@H]4C[C@@H]4C[C@H]3C(=O)NCc3cccc(Cl)c3F)c2c1. The molecular weight excluding hydrogens is 513 g/mol. The molecule has 10 heteroatoms. The Labute approximate surface area is 223 Å². The van der Waals surface area contributed by atoms with Crippen LogP contribution in [0.4, 0.5) is 4.39 Å². The molecule has 1 aliphatic heterocycles. The van der Waals surface area contributed by atoms with Gasteiger partial charge in [0.25, 0.3) is 0 Å². The van der Waals surface area contributed by atoms with Crippen LogP contribution in [0.5, 0.6) is 0 Å². The van der Waals surface area contributed by atoms with E-state index < -0.39 is 17.8 Å². The molecule has 38 heavy (non-hydrogen) atoms. The topological polar surface area (TPSA) is 97.7 Å². The van der Waals surface area contributed by atoms with Crippen molar-refractivity contribution in [1.82, 2.24) is 14.8 Å². The molecule has 1 aromatic heterocycles. The summed E-state index contributed by atoms with van der Waals surface area (Å²) in [6, 6.07) is 9.24. The summed E-state index contributed by atoms with van der Waals surface area (Å²) in [6.07, 6.45) is 3.10. The number of fused-ring (bicyclic) bond motifs is 2. The number of nitrogens with one attached hydrogen (secondary N) is 1. The van der Waals surface area contributed by atoms with Crippen molar-refractivity contribution in [2.75, 3.05) is 7.11 Å². The lowest BCUT2D eigenvalue weighted by atomic mass is 10.1. The van der Waals surface area contributed by atoms with Gasteiger partial charge in [-0.05, 0) is 43.4 Å². The van der Waals surface area contributed by atoms with Gasteiger partial charge >= 0.3 is 5.97 Å². The van der Waals surface area contributed by atoms with Crippen LogP contribution in [0.3, 0.4) is 0 Å². The number of hydrogen-bond acceptors (Lipinski definition) is 5. The number of aromatic nitrogens is 1. The maximum Gasteiger partial charge on any atom is 0.309 e. The molecule has 2 fully saturated rings. The van der Waals surface area contributed by atoms with E-state index in [2.05, 4.69) is 5.32 Å². The fourth-order valence-corrected chi connectivity index (χ4v) is 5.55. The number of rotatable bonds is 8. The van der Waals surface area contributed by atoms with Crippen molar-refractivity contribution < 1.29 is 28.3 Å². The van der Waals surface area contributed by atoms with Gasteiger partial charge in [-0.15, -0.1) is 0 Å². The first-order valence-electron chi connectivity index (χ1n) is 12.4. The van der Waals surface area contributed by atoms with E-state index in [4.69, 9.17) is 16.3 Å². The first-order valence-corrected chi connectivity index (χ1v) is 12.8. The average Bonchev–Trinajstić information content (AvgIpc) is 3.40. The fraction of sp³-hybridized carbons (Fsp3) is 0.357. The number of Topliss-reactive ketones (excluding diaryl/α,β-unsaturated/α-hetero) is 1. The summed E-state index contributed by atoms with van der Waals surface area (Å²) >= 11 is 5.84. The third kappa shape index (κ3) is 4.90. The number of esters is 1. The number of hydrogen-bond donors (Lipinski definition) is 1. The lowest BCUT2D eigenvalue weighted by Gasteiger charge is -2.27. The molecule has 0 unspecified atom stereocenters. The van der Waals surface area contributed by atoms with Crippen molar-refractivity contribution in [3.05, 3.63) is 70.1 Å². The lowest BCUT2D eigenvalue weighted by molar-refractivity contribution is -0.140. The molecule has 0 spiro atoms. The molecule has 2 aromatic carbocycles. The van der Waals surface area contributed by atoms with Crippen LogP contribution in [0.2, 0.25) is 5.02 Å². The van der Waals surface area contributed by atoms with Crippen molar-refractivity contribution >= 4 is 46.1 Å². The number of carbonyl (C=O) groups excluding carboxylic acids is 4. The van der Waals surface area contributed by atoms with Crippen LogP contribution >= 0.6 is 11.6 Å². The summed E-state index contributed by atoms with van der Waals surface area (Å²) in [6.45, 7) is 1.36. The van der Waals surface area contributed by atoms with E-state index in [9.17, 15) is 23.6 Å². The maximum atomic E-state index is 14.3. The Balaban J connectivity index is 1.36. The number of amides is 2. The summed E-state index contributed by atoms with van der Waals surface area (Å²) in [5.74, 6) is -1.44. The van der Waals surface area contributed by atoms with Crippen LogP contribution in [-0.2, 0) is 38.6 Å². The highest BCUT2D eigenvalue weighted by Gasteiger charge is 2.55. The third-order valence-electron chi connectivity index (χ3n) is 7.39. The number of benzene rings is 2. The summed E-state index contributed by atoms with van der Waals surface area (Å²) in [5.41, 5.74) is 2.08. The third-order valence-corrected chi connectivity index (χ3v) is 7.68. The van der Waals surface area contributed by atoms with Gasteiger partial charge in [0.15, 0.2) is 5.78 Å². The normalized spacial score (nSPS) is 19.8. The number of methoxy groups -OCH3 is 1. The van der Waals surface area contributed by atoms with E-state index in [1.54, 1.807) is 46.0 Å². The molecule has 1 aliphatic carbocycles. The van der Waals surface area contributed by atoms with E-state index in [0.29, 0.717) is 28.5 Å². The Morgan fingerprint density at radius 1 is 1.16 bits per heavy atom. The van der Waals surface area contributed by atoms with Crippen molar-refractivity contribution in [3.63, 3.8) is 0 Å². The molecule has 2 heterocycles. The summed E-state index contributed by atoms with van der Waals surface area (Å²) in [5, 5.41) is 3.42. The van der Waals surface area contributed by atoms with Crippen LogP contribution < -0.4 is 5.32 Å². The second kappa shape index (κ2) is 10.2. The van der Waals surface area contributed by atoms with Crippen LogP contribution in [0, 0.1) is 11.7 Å². The zero-order valence-corrected chi connectivity index (χ0v) is 21.8. The predicted octanol–water partition coefficient (Wildman–Crippen LogP) is 3.66. The Kier molecular flexibility index (Phi) is 6.96. The molecule has 1 N–H and O–H groups in total. The zero-order chi connectivity index (χ0) is 27.1. The molecule has 5 rings (SSSR count). The van der Waals surface area contributed by atoms with Gasteiger partial charge in [0.05, 0.1) is 18.6 Å². The number of ketones is 1. The van der Waals surface area contributed by atoms with Crippen molar-refractivity contribution in [2.45, 2.75) is 51.4 Å². The van der Waals surface area contributed by atoms with Crippen molar-refractivity contribution in [2.24, 2.45) is 5.92 Å². The van der Waals surface area contributed by atoms with Gasteiger partial charge in [-0.3, -0.25) is 19.2 Å². The summed E-state index contributed by atoms with van der Waals surface area (Å²) in [4.78, 5) is 52.3. The van der Waals surface area contributed by atoms with Gasteiger partial charge in [-0.1, -0.05) is 35.9 Å². The molecule has 8 nitrogen and oxygen atoms in total. The molecule has 0 bridgehead atoms. The fourth-order valence-electron chi connectivity index (χ4n) is 5.36. The average molecular weight is 540 g/mol. The van der Waals surface area contributed by atoms with Crippen LogP contribution in [0.1, 0.15) is 41.3 Å². The monoisotopic (exact) mass is 539 g/mol. The Morgan fingerprint density at radius 2 is 1.95 bits per heavy atom. The Morgan fingerprint density at radius 3 is 2.68 bits per heavy atom. The molecule has 3 aromatic rings. The van der Waals surface area contributed by atoms with Gasteiger partial charge in [-0.25, -0.2) is 4.39 Å². The molecular formula is C28H27ClFN3O5. The van der Waals surface area contributed by atoms with Gasteiger partial charge < -0.3 is 19.5 Å². The highest BCUT2D eigenvalue weighted by molar-refractivity contribution is 6.30. The second-order valence-electron chi connectivity index (χ2n) is 9.88. The number of piperidine rings is 1. The molecule has 1 saturated heterocycles. The van der Waals surface area contributed by atoms with Gasteiger partial charge in [0.1, 0.15) is 18.4 Å². The van der Waals surface area contributed by atoms with Gasteiger partial charge in [0.2, 0.25) is 11.8 Å². The number of likely N-dealkylation sites (tertiary alicyclic amines) is 1. The van der Waals surface area contributed by atoms with Gasteiger partial charge in [0, 0.05) is 40.8 Å². The predicted molar refractivity (Wildman–Crippen MR) is 138 cm³/mol. The highest BCUT2D eigenvalue weighted by atomic mass is 35.5. The standard InChI is InChI=1S/C28H27ClFN3O5/c1-15(34)20-13-32(23-8-16(6-7-19(20)23)9-26(36)38-2)14-25(35)33-22-10-18(22)11-24(33)28(37)31-12-17-4-3-5-21(29)27(17)30/h3-8,13,18,22,24H,9-12,14H2,1-2H3,(H,31,37)/t18-,22-,24+/m1/s1. The van der Waals surface area contributed by atoms with E-state index in [-0.39, 0.29) is 59.7 Å². The quantitative estimate of drug-likeness (QED) is 0.348. The smallest absolute Gasteiger partial charge is 0.309 e. The van der Waals surface area contributed by atoms with E-state index >= 15 is 0 Å². The molecule has 0 radical (unpaired) electrons. The molecule has 2 amide bonds. The van der Waals surface area contributed by atoms with Gasteiger partial charge in [-0.2, -0.15) is 0 Å².